The van der Waals surface area contributed by atoms with E-state index in [2.05, 4.69) is 5.10 Å². The zero-order valence-corrected chi connectivity index (χ0v) is 13.8. The van der Waals surface area contributed by atoms with E-state index >= 15 is 0 Å². The summed E-state index contributed by atoms with van der Waals surface area (Å²) in [7, 11) is -4.14. The number of halogens is 2. The second-order valence-electron chi connectivity index (χ2n) is 5.43. The van der Waals surface area contributed by atoms with Gasteiger partial charge in [-0.15, -0.1) is 0 Å². The van der Waals surface area contributed by atoms with Crippen LogP contribution in [0.1, 0.15) is 18.6 Å². The third kappa shape index (κ3) is 3.19. The molecule has 0 amide bonds. The maximum atomic E-state index is 13.9. The molecule has 0 bridgehead atoms. The minimum absolute atomic E-state index is 0.0215. The van der Waals surface area contributed by atoms with Gasteiger partial charge in [-0.3, -0.25) is 4.68 Å². The first kappa shape index (κ1) is 17.0. The summed E-state index contributed by atoms with van der Waals surface area (Å²) >= 11 is 0. The van der Waals surface area contributed by atoms with Crippen LogP contribution < -0.4 is 0 Å². The summed E-state index contributed by atoms with van der Waals surface area (Å²) in [5.41, 5.74) is 0.747. The van der Waals surface area contributed by atoms with Crippen LogP contribution in [0.15, 0.2) is 35.5 Å². The maximum Gasteiger partial charge on any atom is 0.246 e. The average molecular weight is 357 g/mol. The van der Waals surface area contributed by atoms with Crippen LogP contribution in [0.4, 0.5) is 8.78 Å². The lowest BCUT2D eigenvalue weighted by Crippen LogP contribution is -2.42. The van der Waals surface area contributed by atoms with Crippen molar-refractivity contribution in [2.75, 3.05) is 19.7 Å². The number of sulfonamides is 1. The molecule has 0 unspecified atom stereocenters. The van der Waals surface area contributed by atoms with Gasteiger partial charge in [0.05, 0.1) is 18.9 Å². The second kappa shape index (κ2) is 6.58. The Morgan fingerprint density at radius 2 is 2.17 bits per heavy atom. The molecule has 1 aliphatic heterocycles. The van der Waals surface area contributed by atoms with Crippen LogP contribution in [0.5, 0.6) is 0 Å². The fraction of sp³-hybridized carbons (Fsp3) is 0.400. The van der Waals surface area contributed by atoms with E-state index in [1.165, 1.54) is 0 Å². The summed E-state index contributed by atoms with van der Waals surface area (Å²) in [4.78, 5) is -0.660. The van der Waals surface area contributed by atoms with Crippen molar-refractivity contribution in [3.05, 3.63) is 47.8 Å². The molecule has 0 saturated carbocycles. The number of hydrogen-bond donors (Lipinski definition) is 0. The predicted octanol–water partition coefficient (Wildman–Crippen LogP) is 1.94. The summed E-state index contributed by atoms with van der Waals surface area (Å²) in [6, 6.07) is 2.39. The van der Waals surface area contributed by atoms with Gasteiger partial charge in [-0.25, -0.2) is 17.2 Å². The van der Waals surface area contributed by atoms with Crippen LogP contribution in [-0.4, -0.2) is 42.2 Å². The van der Waals surface area contributed by atoms with Gasteiger partial charge in [0, 0.05) is 31.4 Å². The number of nitrogens with zero attached hydrogens (tertiary/aromatic N) is 3. The summed E-state index contributed by atoms with van der Waals surface area (Å²) in [5, 5.41) is 4.14. The molecule has 1 saturated heterocycles. The fourth-order valence-corrected chi connectivity index (χ4v) is 4.08. The third-order valence-corrected chi connectivity index (χ3v) is 5.77. The Labute approximate surface area is 138 Å². The van der Waals surface area contributed by atoms with Crippen molar-refractivity contribution in [1.29, 1.82) is 0 Å². The first-order chi connectivity index (χ1) is 11.4. The van der Waals surface area contributed by atoms with E-state index in [4.69, 9.17) is 4.74 Å². The molecule has 0 radical (unpaired) electrons. The lowest BCUT2D eigenvalue weighted by atomic mass is 10.2. The van der Waals surface area contributed by atoms with Crippen molar-refractivity contribution in [2.45, 2.75) is 24.5 Å². The van der Waals surface area contributed by atoms with Gasteiger partial charge in [-0.1, -0.05) is 0 Å². The van der Waals surface area contributed by atoms with Crippen molar-refractivity contribution in [2.24, 2.45) is 0 Å². The molecule has 24 heavy (non-hydrogen) atoms. The lowest BCUT2D eigenvalue weighted by Gasteiger charge is -2.31. The Bertz CT molecular complexity index is 838. The molecular formula is C15H17F2N3O3S. The summed E-state index contributed by atoms with van der Waals surface area (Å²) in [6.45, 7) is 2.88. The van der Waals surface area contributed by atoms with E-state index in [1.807, 2.05) is 6.92 Å². The molecule has 1 aromatic heterocycles. The second-order valence-corrected chi connectivity index (χ2v) is 7.33. The van der Waals surface area contributed by atoms with E-state index in [9.17, 15) is 17.2 Å². The smallest absolute Gasteiger partial charge is 0.246 e. The molecule has 0 N–H and O–H groups in total. The quantitative estimate of drug-likeness (QED) is 0.839. The SMILES string of the molecule is CCn1cc([C@H]2CN(S(=O)(=O)c3cc(F)ccc3F)CCO2)cn1. The molecule has 130 valence electrons. The molecule has 1 aliphatic rings. The van der Waals surface area contributed by atoms with Gasteiger partial charge < -0.3 is 4.74 Å². The molecule has 9 heteroatoms. The largest absolute Gasteiger partial charge is 0.371 e. The van der Waals surface area contributed by atoms with Crippen molar-refractivity contribution in [3.63, 3.8) is 0 Å². The van der Waals surface area contributed by atoms with E-state index in [0.717, 1.165) is 22.0 Å². The fourth-order valence-electron chi connectivity index (χ4n) is 2.58. The van der Waals surface area contributed by atoms with Gasteiger partial charge in [-0.2, -0.15) is 9.40 Å². The zero-order valence-electron chi connectivity index (χ0n) is 13.0. The summed E-state index contributed by atoms with van der Waals surface area (Å²) in [6.07, 6.45) is 2.90. The first-order valence-corrected chi connectivity index (χ1v) is 8.95. The Morgan fingerprint density at radius 1 is 1.38 bits per heavy atom. The highest BCUT2D eigenvalue weighted by molar-refractivity contribution is 7.89. The van der Waals surface area contributed by atoms with Gasteiger partial charge in [-0.05, 0) is 25.1 Å². The van der Waals surface area contributed by atoms with Crippen LogP contribution in [-0.2, 0) is 21.3 Å². The normalized spacial score (nSPS) is 19.5. The summed E-state index contributed by atoms with van der Waals surface area (Å²) in [5.74, 6) is -1.78. The molecule has 1 fully saturated rings. The molecule has 6 nitrogen and oxygen atoms in total. The van der Waals surface area contributed by atoms with E-state index in [-0.39, 0.29) is 19.7 Å². The number of rotatable bonds is 4. The number of aromatic nitrogens is 2. The standard InChI is InChI=1S/C15H17F2N3O3S/c1-2-19-9-11(8-18-19)14-10-20(5-6-23-14)24(21,22)15-7-12(16)3-4-13(15)17/h3-4,7-9,14H,2,5-6,10H2,1H3/t14-/m1/s1. The van der Waals surface area contributed by atoms with E-state index in [0.29, 0.717) is 12.6 Å². The number of hydrogen-bond acceptors (Lipinski definition) is 4. The number of benzene rings is 1. The minimum Gasteiger partial charge on any atom is -0.371 e. The van der Waals surface area contributed by atoms with Crippen molar-refractivity contribution in [3.8, 4) is 0 Å². The van der Waals surface area contributed by atoms with E-state index in [1.54, 1.807) is 17.1 Å². The highest BCUT2D eigenvalue weighted by Crippen LogP contribution is 2.27. The van der Waals surface area contributed by atoms with E-state index < -0.39 is 32.7 Å². The van der Waals surface area contributed by atoms with Gasteiger partial charge in [0.2, 0.25) is 10.0 Å². The topological polar surface area (TPSA) is 64.4 Å². The third-order valence-electron chi connectivity index (χ3n) is 3.89. The Hall–Kier alpha value is -1.84. The molecule has 1 atom stereocenters. The molecule has 2 aromatic rings. The van der Waals surface area contributed by atoms with Gasteiger partial charge in [0.1, 0.15) is 16.5 Å². The highest BCUT2D eigenvalue weighted by Gasteiger charge is 2.33. The zero-order chi connectivity index (χ0) is 17.3. The van der Waals surface area contributed by atoms with Crippen molar-refractivity contribution < 1.29 is 21.9 Å². The lowest BCUT2D eigenvalue weighted by molar-refractivity contribution is -0.00266. The molecule has 1 aromatic carbocycles. The predicted molar refractivity (Wildman–Crippen MR) is 81.7 cm³/mol. The van der Waals surface area contributed by atoms with Gasteiger partial charge in [0.15, 0.2) is 0 Å². The maximum absolute atomic E-state index is 13.9. The van der Waals surface area contributed by atoms with Crippen LogP contribution in [0.2, 0.25) is 0 Å². The average Bonchev–Trinajstić information content (AvgIpc) is 3.06. The Kier molecular flexibility index (Phi) is 4.66. The van der Waals surface area contributed by atoms with Crippen molar-refractivity contribution >= 4 is 10.0 Å². The monoisotopic (exact) mass is 357 g/mol. The molecular weight excluding hydrogens is 340 g/mol. The van der Waals surface area contributed by atoms with Crippen LogP contribution in [0.3, 0.4) is 0 Å². The molecule has 3 rings (SSSR count). The highest BCUT2D eigenvalue weighted by atomic mass is 32.2. The first-order valence-electron chi connectivity index (χ1n) is 7.51. The molecule has 2 heterocycles. The molecule has 0 spiro atoms. The molecule has 0 aliphatic carbocycles. The number of ether oxygens (including phenoxy) is 1. The van der Waals surface area contributed by atoms with Crippen LogP contribution in [0, 0.1) is 11.6 Å². The van der Waals surface area contributed by atoms with Gasteiger partial charge in [0.25, 0.3) is 0 Å². The number of morpholine rings is 1. The van der Waals surface area contributed by atoms with Crippen LogP contribution in [0.25, 0.3) is 0 Å². The minimum atomic E-state index is -4.14. The van der Waals surface area contributed by atoms with Crippen LogP contribution >= 0.6 is 0 Å². The number of aryl methyl sites for hydroxylation is 1. The van der Waals surface area contributed by atoms with Crippen molar-refractivity contribution in [1.82, 2.24) is 14.1 Å². The Morgan fingerprint density at radius 3 is 2.88 bits per heavy atom. The Balaban J connectivity index is 1.87. The van der Waals surface area contributed by atoms with Gasteiger partial charge >= 0.3 is 0 Å². The summed E-state index contributed by atoms with van der Waals surface area (Å²) < 4.78 is 60.9.